The smallest absolute Gasteiger partial charge is 0.300 e. The number of amides is 5. The maximum absolute atomic E-state index is 12.2. The Bertz CT molecular complexity index is 646. The predicted octanol–water partition coefficient (Wildman–Crippen LogP) is 0.844. The molecule has 114 valence electrons. The molecule has 2 aliphatic heterocycles. The van der Waals surface area contributed by atoms with Gasteiger partial charge in [-0.2, -0.15) is 0 Å². The summed E-state index contributed by atoms with van der Waals surface area (Å²) in [6.45, 7) is 4.00. The Morgan fingerprint density at radius 2 is 1.45 bits per heavy atom. The Hall–Kier alpha value is -2.61. The third kappa shape index (κ3) is 2.37. The topological polar surface area (TPSA) is 95.6 Å². The van der Waals surface area contributed by atoms with Gasteiger partial charge in [0.05, 0.1) is 11.1 Å². The Labute approximate surface area is 131 Å². The summed E-state index contributed by atoms with van der Waals surface area (Å²) in [4.78, 5) is 48.0. The SMILES string of the molecule is CC.O=C1NC(=O)C(N2C(=O)c3ccccc3C2=O)C(=S)N1. The second-order valence-electron chi connectivity index (χ2n) is 4.24. The Kier molecular flexibility index (Phi) is 4.32. The number of carbonyl (C=O) groups excluding carboxylic acids is 4. The van der Waals surface area contributed by atoms with Crippen molar-refractivity contribution in [2.24, 2.45) is 0 Å². The first-order valence-corrected chi connectivity index (χ1v) is 7.04. The van der Waals surface area contributed by atoms with Crippen molar-refractivity contribution in [1.29, 1.82) is 0 Å². The first-order chi connectivity index (χ1) is 10.5. The third-order valence-electron chi connectivity index (χ3n) is 3.05. The standard InChI is InChI=1S/C12H7N3O4S.C2H6/c16-8-7(9(20)14-12(19)13-8)15-10(17)5-3-1-2-4-6(5)11(15)18;1-2/h1-4,7H,(H2,13,14,16,19,20);1-2H3. The van der Waals surface area contributed by atoms with Gasteiger partial charge in [-0.15, -0.1) is 0 Å². The summed E-state index contributed by atoms with van der Waals surface area (Å²) in [5.74, 6) is -2.01. The molecule has 22 heavy (non-hydrogen) atoms. The number of hydrogen-bond acceptors (Lipinski definition) is 5. The number of urea groups is 1. The minimum atomic E-state index is -1.31. The highest BCUT2D eigenvalue weighted by Crippen LogP contribution is 2.25. The zero-order valence-corrected chi connectivity index (χ0v) is 12.7. The summed E-state index contributed by atoms with van der Waals surface area (Å²) in [6, 6.07) is 4.15. The maximum Gasteiger partial charge on any atom is 0.326 e. The van der Waals surface area contributed by atoms with Gasteiger partial charge < -0.3 is 0 Å². The quantitative estimate of drug-likeness (QED) is 0.591. The van der Waals surface area contributed by atoms with Crippen molar-refractivity contribution < 1.29 is 19.2 Å². The number of benzene rings is 1. The molecule has 3 rings (SSSR count). The van der Waals surface area contributed by atoms with Crippen molar-refractivity contribution in [3.8, 4) is 0 Å². The molecular formula is C14H13N3O4S. The van der Waals surface area contributed by atoms with Crippen LogP contribution in [0.2, 0.25) is 0 Å². The summed E-state index contributed by atoms with van der Waals surface area (Å²) < 4.78 is 0. The lowest BCUT2D eigenvalue weighted by Crippen LogP contribution is -2.64. The van der Waals surface area contributed by atoms with Gasteiger partial charge in [0.1, 0.15) is 4.99 Å². The van der Waals surface area contributed by atoms with E-state index < -0.39 is 29.8 Å². The Morgan fingerprint density at radius 3 is 1.91 bits per heavy atom. The number of carbonyl (C=O) groups is 4. The number of fused-ring (bicyclic) bond motifs is 1. The van der Waals surface area contributed by atoms with E-state index in [-0.39, 0.29) is 16.1 Å². The van der Waals surface area contributed by atoms with E-state index in [9.17, 15) is 19.2 Å². The summed E-state index contributed by atoms with van der Waals surface area (Å²) in [5, 5.41) is 4.20. The minimum absolute atomic E-state index is 0.173. The molecule has 7 nitrogen and oxygen atoms in total. The fraction of sp³-hybridized carbons (Fsp3) is 0.214. The lowest BCUT2D eigenvalue weighted by molar-refractivity contribution is -0.122. The normalized spacial score (nSPS) is 20.0. The van der Waals surface area contributed by atoms with Gasteiger partial charge in [0.2, 0.25) is 0 Å². The first kappa shape index (κ1) is 15.8. The summed E-state index contributed by atoms with van der Waals surface area (Å²) >= 11 is 4.90. The zero-order valence-electron chi connectivity index (χ0n) is 11.9. The highest BCUT2D eigenvalue weighted by Gasteiger charge is 2.46. The highest BCUT2D eigenvalue weighted by molar-refractivity contribution is 7.80. The van der Waals surface area contributed by atoms with Gasteiger partial charge in [-0.25, -0.2) is 4.79 Å². The van der Waals surface area contributed by atoms with Crippen LogP contribution >= 0.6 is 12.2 Å². The predicted molar refractivity (Wildman–Crippen MR) is 81.4 cm³/mol. The fourth-order valence-corrected chi connectivity index (χ4v) is 2.49. The van der Waals surface area contributed by atoms with Crippen LogP contribution in [-0.4, -0.2) is 39.7 Å². The Balaban J connectivity index is 0.000000847. The van der Waals surface area contributed by atoms with Crippen molar-refractivity contribution in [2.75, 3.05) is 0 Å². The minimum Gasteiger partial charge on any atom is -0.300 e. The average molecular weight is 319 g/mol. The van der Waals surface area contributed by atoms with Crippen LogP contribution in [0.4, 0.5) is 4.79 Å². The molecule has 2 aliphatic rings. The van der Waals surface area contributed by atoms with Crippen LogP contribution in [0.5, 0.6) is 0 Å². The van der Waals surface area contributed by atoms with Gasteiger partial charge in [0, 0.05) is 0 Å². The van der Waals surface area contributed by atoms with Crippen LogP contribution in [0.3, 0.4) is 0 Å². The molecule has 1 aromatic carbocycles. The van der Waals surface area contributed by atoms with Crippen LogP contribution in [0.25, 0.3) is 0 Å². The summed E-state index contributed by atoms with van der Waals surface area (Å²) in [5.41, 5.74) is 0.426. The molecule has 1 atom stereocenters. The van der Waals surface area contributed by atoms with E-state index >= 15 is 0 Å². The van der Waals surface area contributed by atoms with Crippen molar-refractivity contribution in [3.05, 3.63) is 35.4 Å². The number of nitrogens with zero attached hydrogens (tertiary/aromatic N) is 1. The number of rotatable bonds is 1. The highest BCUT2D eigenvalue weighted by atomic mass is 32.1. The molecule has 0 spiro atoms. The van der Waals surface area contributed by atoms with Crippen LogP contribution < -0.4 is 10.6 Å². The Morgan fingerprint density at radius 1 is 0.955 bits per heavy atom. The monoisotopic (exact) mass is 319 g/mol. The van der Waals surface area contributed by atoms with E-state index in [4.69, 9.17) is 12.2 Å². The molecule has 2 heterocycles. The van der Waals surface area contributed by atoms with Gasteiger partial charge >= 0.3 is 6.03 Å². The van der Waals surface area contributed by atoms with Gasteiger partial charge in [-0.1, -0.05) is 38.2 Å². The lowest BCUT2D eigenvalue weighted by Gasteiger charge is -2.29. The van der Waals surface area contributed by atoms with Crippen molar-refractivity contribution in [2.45, 2.75) is 19.9 Å². The van der Waals surface area contributed by atoms with E-state index in [1.165, 1.54) is 12.1 Å². The lowest BCUT2D eigenvalue weighted by atomic mass is 10.1. The van der Waals surface area contributed by atoms with Gasteiger partial charge in [0.25, 0.3) is 17.7 Å². The number of imide groups is 2. The van der Waals surface area contributed by atoms with Gasteiger partial charge in [-0.05, 0) is 12.1 Å². The van der Waals surface area contributed by atoms with E-state index in [1.54, 1.807) is 12.1 Å². The van der Waals surface area contributed by atoms with Gasteiger partial charge in [-0.3, -0.25) is 29.9 Å². The van der Waals surface area contributed by atoms with E-state index in [1.807, 2.05) is 19.2 Å². The second-order valence-corrected chi connectivity index (χ2v) is 4.68. The molecule has 0 bridgehead atoms. The summed E-state index contributed by atoms with van der Waals surface area (Å²) in [6.07, 6.45) is 0. The summed E-state index contributed by atoms with van der Waals surface area (Å²) in [7, 11) is 0. The average Bonchev–Trinajstić information content (AvgIpc) is 2.74. The largest absolute Gasteiger partial charge is 0.326 e. The third-order valence-corrected chi connectivity index (χ3v) is 3.38. The van der Waals surface area contributed by atoms with Crippen molar-refractivity contribution >= 4 is 41.0 Å². The molecule has 0 aromatic heterocycles. The van der Waals surface area contributed by atoms with Gasteiger partial charge in [0.15, 0.2) is 6.04 Å². The molecule has 0 saturated carbocycles. The fourth-order valence-electron chi connectivity index (χ4n) is 2.19. The molecule has 0 aliphatic carbocycles. The molecule has 1 aromatic rings. The van der Waals surface area contributed by atoms with Crippen LogP contribution in [0.1, 0.15) is 34.6 Å². The molecule has 1 unspecified atom stereocenters. The van der Waals surface area contributed by atoms with E-state index in [2.05, 4.69) is 5.32 Å². The molecule has 5 amide bonds. The zero-order chi connectivity index (χ0) is 16.4. The molecule has 2 N–H and O–H groups in total. The van der Waals surface area contributed by atoms with Crippen LogP contribution in [0.15, 0.2) is 24.3 Å². The molecule has 1 saturated heterocycles. The second kappa shape index (κ2) is 6.02. The number of thiocarbonyl (C=S) groups is 1. The molecule has 1 fully saturated rings. The van der Waals surface area contributed by atoms with E-state index in [0.717, 1.165) is 4.90 Å². The van der Waals surface area contributed by atoms with E-state index in [0.29, 0.717) is 0 Å². The van der Waals surface area contributed by atoms with Crippen LogP contribution in [-0.2, 0) is 4.79 Å². The molecule has 8 heteroatoms. The first-order valence-electron chi connectivity index (χ1n) is 6.63. The molecule has 0 radical (unpaired) electrons. The maximum atomic E-state index is 12.2. The number of nitrogens with one attached hydrogen (secondary N) is 2. The van der Waals surface area contributed by atoms with Crippen LogP contribution in [0, 0.1) is 0 Å². The molecular weight excluding hydrogens is 306 g/mol. The van der Waals surface area contributed by atoms with Crippen molar-refractivity contribution in [3.63, 3.8) is 0 Å². The van der Waals surface area contributed by atoms with Crippen molar-refractivity contribution in [1.82, 2.24) is 15.5 Å². The number of hydrogen-bond donors (Lipinski definition) is 2.